The van der Waals surface area contributed by atoms with Crippen LogP contribution in [0.4, 0.5) is 0 Å². The molecule has 1 heterocycles. The highest BCUT2D eigenvalue weighted by Crippen LogP contribution is 2.17. The summed E-state index contributed by atoms with van der Waals surface area (Å²) in [6.07, 6.45) is 4.03. The zero-order valence-corrected chi connectivity index (χ0v) is 10.6. The molecule has 0 bridgehead atoms. The molecule has 0 N–H and O–H groups in total. The van der Waals surface area contributed by atoms with E-state index in [9.17, 15) is 4.79 Å². The fourth-order valence-corrected chi connectivity index (χ4v) is 2.12. The Labute approximate surface area is 97.9 Å². The van der Waals surface area contributed by atoms with Crippen molar-refractivity contribution in [3.05, 3.63) is 0 Å². The first-order valence-electron chi connectivity index (χ1n) is 6.08. The first-order chi connectivity index (χ1) is 7.70. The Morgan fingerprint density at radius 2 is 2.38 bits per heavy atom. The van der Waals surface area contributed by atoms with Gasteiger partial charge in [-0.3, -0.25) is 9.69 Å². The van der Waals surface area contributed by atoms with Gasteiger partial charge in [0.2, 0.25) is 0 Å². The smallest absolute Gasteiger partial charge is 0.323 e. The highest BCUT2D eigenvalue weighted by molar-refractivity contribution is 5.75. The molecule has 0 aromatic heterocycles. The van der Waals surface area contributed by atoms with E-state index in [2.05, 4.69) is 11.8 Å². The predicted molar refractivity (Wildman–Crippen MR) is 62.3 cm³/mol. The van der Waals surface area contributed by atoms with E-state index in [0.717, 1.165) is 38.9 Å². The van der Waals surface area contributed by atoms with Gasteiger partial charge < -0.3 is 9.47 Å². The summed E-state index contributed by atoms with van der Waals surface area (Å²) in [5, 5.41) is 0. The molecule has 0 saturated carbocycles. The maximum absolute atomic E-state index is 11.7. The molecule has 94 valence electrons. The van der Waals surface area contributed by atoms with Crippen LogP contribution in [0.5, 0.6) is 0 Å². The number of unbranched alkanes of at least 4 members (excludes halogenated alkanes) is 1. The number of hydrogen-bond acceptors (Lipinski definition) is 4. The summed E-state index contributed by atoms with van der Waals surface area (Å²) in [5.41, 5.74) is 0. The van der Waals surface area contributed by atoms with Gasteiger partial charge in [-0.05, 0) is 19.9 Å². The molecule has 1 fully saturated rings. The van der Waals surface area contributed by atoms with E-state index in [1.54, 1.807) is 0 Å². The average Bonchev–Trinajstić information content (AvgIpc) is 2.82. The second-order valence-electron chi connectivity index (χ2n) is 4.36. The number of carbonyl (C=O) groups excluding carboxylic acids is 1. The van der Waals surface area contributed by atoms with Crippen molar-refractivity contribution in [2.24, 2.45) is 0 Å². The Morgan fingerprint density at radius 3 is 2.88 bits per heavy atom. The molecule has 0 radical (unpaired) electrons. The lowest BCUT2D eigenvalue weighted by atomic mass is 10.1. The molecule has 4 heteroatoms. The second kappa shape index (κ2) is 6.86. The van der Waals surface area contributed by atoms with Crippen molar-refractivity contribution in [3.63, 3.8) is 0 Å². The zero-order chi connectivity index (χ0) is 12.0. The summed E-state index contributed by atoms with van der Waals surface area (Å²) in [4.78, 5) is 13.8. The summed E-state index contributed by atoms with van der Waals surface area (Å²) in [7, 11) is 3.46. The van der Waals surface area contributed by atoms with Gasteiger partial charge in [-0.1, -0.05) is 19.8 Å². The van der Waals surface area contributed by atoms with Crippen molar-refractivity contribution in [2.45, 2.75) is 44.7 Å². The molecule has 1 aliphatic heterocycles. The van der Waals surface area contributed by atoms with Crippen LogP contribution < -0.4 is 0 Å². The van der Waals surface area contributed by atoms with Crippen molar-refractivity contribution >= 4 is 5.97 Å². The van der Waals surface area contributed by atoms with Crippen LogP contribution in [0, 0.1) is 0 Å². The SMILES string of the molecule is CCCCC(C(=O)OC)N(C)C1CCOC1. The van der Waals surface area contributed by atoms with Gasteiger partial charge in [-0.15, -0.1) is 0 Å². The standard InChI is InChI=1S/C12H23NO3/c1-4-5-6-11(12(14)15-3)13(2)10-7-8-16-9-10/h10-11H,4-9H2,1-3H3. The summed E-state index contributed by atoms with van der Waals surface area (Å²) < 4.78 is 10.2. The van der Waals surface area contributed by atoms with Crippen LogP contribution in [-0.2, 0) is 14.3 Å². The number of hydrogen-bond donors (Lipinski definition) is 0. The molecule has 1 saturated heterocycles. The largest absolute Gasteiger partial charge is 0.468 e. The number of methoxy groups -OCH3 is 1. The topological polar surface area (TPSA) is 38.8 Å². The van der Waals surface area contributed by atoms with Gasteiger partial charge in [0.25, 0.3) is 0 Å². The normalized spacial score (nSPS) is 22.4. The van der Waals surface area contributed by atoms with Crippen molar-refractivity contribution in [3.8, 4) is 0 Å². The van der Waals surface area contributed by atoms with Gasteiger partial charge in [0.1, 0.15) is 6.04 Å². The molecule has 16 heavy (non-hydrogen) atoms. The third-order valence-corrected chi connectivity index (χ3v) is 3.28. The Kier molecular flexibility index (Phi) is 5.77. The molecule has 0 aromatic carbocycles. The fourth-order valence-electron chi connectivity index (χ4n) is 2.12. The van der Waals surface area contributed by atoms with E-state index in [1.165, 1.54) is 7.11 Å². The van der Waals surface area contributed by atoms with Gasteiger partial charge in [0.15, 0.2) is 0 Å². The molecule has 0 aromatic rings. The number of carbonyl (C=O) groups is 1. The fraction of sp³-hybridized carbons (Fsp3) is 0.917. The first kappa shape index (κ1) is 13.5. The molecule has 1 rings (SSSR count). The summed E-state index contributed by atoms with van der Waals surface area (Å²) in [6.45, 7) is 3.67. The minimum atomic E-state index is -0.122. The summed E-state index contributed by atoms with van der Waals surface area (Å²) in [6, 6.07) is 0.248. The Hall–Kier alpha value is -0.610. The Bertz CT molecular complexity index is 214. The lowest BCUT2D eigenvalue weighted by molar-refractivity contribution is -0.147. The van der Waals surface area contributed by atoms with Crippen LogP contribution in [0.15, 0.2) is 0 Å². The van der Waals surface area contributed by atoms with Crippen molar-refractivity contribution < 1.29 is 14.3 Å². The number of ether oxygens (including phenoxy) is 2. The van der Waals surface area contributed by atoms with E-state index >= 15 is 0 Å². The van der Waals surface area contributed by atoms with Crippen LogP contribution >= 0.6 is 0 Å². The lowest BCUT2D eigenvalue weighted by Gasteiger charge is -2.30. The van der Waals surface area contributed by atoms with Crippen LogP contribution in [0.1, 0.15) is 32.6 Å². The average molecular weight is 229 g/mol. The van der Waals surface area contributed by atoms with E-state index in [-0.39, 0.29) is 12.0 Å². The number of rotatable bonds is 6. The molecule has 4 nitrogen and oxygen atoms in total. The quantitative estimate of drug-likeness (QED) is 0.646. The minimum absolute atomic E-state index is 0.114. The maximum atomic E-state index is 11.7. The van der Waals surface area contributed by atoms with Crippen LogP contribution in [0.25, 0.3) is 0 Å². The molecule has 0 spiro atoms. The van der Waals surface area contributed by atoms with E-state index in [1.807, 2.05) is 7.05 Å². The highest BCUT2D eigenvalue weighted by Gasteiger charge is 2.30. The van der Waals surface area contributed by atoms with Crippen molar-refractivity contribution in [1.82, 2.24) is 4.90 Å². The number of nitrogens with zero attached hydrogens (tertiary/aromatic N) is 1. The third-order valence-electron chi connectivity index (χ3n) is 3.28. The van der Waals surface area contributed by atoms with Crippen molar-refractivity contribution in [1.29, 1.82) is 0 Å². The number of likely N-dealkylation sites (N-methyl/N-ethyl adjacent to an activating group) is 1. The maximum Gasteiger partial charge on any atom is 0.323 e. The van der Waals surface area contributed by atoms with Gasteiger partial charge >= 0.3 is 5.97 Å². The monoisotopic (exact) mass is 229 g/mol. The molecular formula is C12H23NO3. The predicted octanol–water partition coefficient (Wildman–Crippen LogP) is 1.44. The van der Waals surface area contributed by atoms with Crippen molar-refractivity contribution in [2.75, 3.05) is 27.4 Å². The third kappa shape index (κ3) is 3.46. The van der Waals surface area contributed by atoms with Gasteiger partial charge in [0, 0.05) is 12.6 Å². The van der Waals surface area contributed by atoms with Gasteiger partial charge in [-0.2, -0.15) is 0 Å². The summed E-state index contributed by atoms with van der Waals surface area (Å²) in [5.74, 6) is -0.122. The van der Waals surface area contributed by atoms with E-state index in [0.29, 0.717) is 6.04 Å². The van der Waals surface area contributed by atoms with Gasteiger partial charge in [0.05, 0.1) is 13.7 Å². The lowest BCUT2D eigenvalue weighted by Crippen LogP contribution is -2.45. The number of esters is 1. The highest BCUT2D eigenvalue weighted by atomic mass is 16.5. The first-order valence-corrected chi connectivity index (χ1v) is 6.08. The molecule has 2 atom stereocenters. The van der Waals surface area contributed by atoms with Crippen LogP contribution in [0.3, 0.4) is 0 Å². The van der Waals surface area contributed by atoms with Crippen LogP contribution in [0.2, 0.25) is 0 Å². The van der Waals surface area contributed by atoms with E-state index < -0.39 is 0 Å². The molecule has 2 unspecified atom stereocenters. The van der Waals surface area contributed by atoms with E-state index in [4.69, 9.17) is 9.47 Å². The minimum Gasteiger partial charge on any atom is -0.468 e. The Balaban J connectivity index is 2.55. The molecular weight excluding hydrogens is 206 g/mol. The zero-order valence-electron chi connectivity index (χ0n) is 10.6. The molecule has 0 amide bonds. The Morgan fingerprint density at radius 1 is 1.62 bits per heavy atom. The molecule has 0 aliphatic carbocycles. The second-order valence-corrected chi connectivity index (χ2v) is 4.36. The van der Waals surface area contributed by atoms with Gasteiger partial charge in [-0.25, -0.2) is 0 Å². The molecule has 1 aliphatic rings. The van der Waals surface area contributed by atoms with Crippen LogP contribution in [-0.4, -0.2) is 50.3 Å². The summed E-state index contributed by atoms with van der Waals surface area (Å²) >= 11 is 0.